The van der Waals surface area contributed by atoms with E-state index in [1.807, 2.05) is 6.07 Å². The second-order valence-corrected chi connectivity index (χ2v) is 7.36. The van der Waals surface area contributed by atoms with Crippen LogP contribution in [0.5, 0.6) is 0 Å². The van der Waals surface area contributed by atoms with E-state index in [0.717, 1.165) is 18.7 Å². The maximum atomic E-state index is 13.3. The summed E-state index contributed by atoms with van der Waals surface area (Å²) in [6, 6.07) is 3.32. The lowest BCUT2D eigenvalue weighted by Gasteiger charge is -2.32. The van der Waals surface area contributed by atoms with Crippen molar-refractivity contribution in [3.05, 3.63) is 35.9 Å². The fraction of sp³-hybridized carbons (Fsp3) is 0.529. The topological polar surface area (TPSA) is 46.4 Å². The van der Waals surface area contributed by atoms with Crippen LogP contribution in [0.2, 0.25) is 0 Å². The van der Waals surface area contributed by atoms with Crippen molar-refractivity contribution in [3.8, 4) is 0 Å². The summed E-state index contributed by atoms with van der Waals surface area (Å²) in [6.07, 6.45) is -0.759. The molecule has 1 fully saturated rings. The van der Waals surface area contributed by atoms with Crippen LogP contribution >= 0.6 is 0 Å². The van der Waals surface area contributed by atoms with Gasteiger partial charge in [-0.15, -0.1) is 0 Å². The average molecular weight is 339 g/mol. The Bertz CT molecular complexity index is 755. The van der Waals surface area contributed by atoms with Gasteiger partial charge in [-0.3, -0.25) is 4.79 Å². The Hall–Kier alpha value is -2.05. The molecule has 0 aliphatic heterocycles. The summed E-state index contributed by atoms with van der Waals surface area (Å²) in [5.74, 6) is 0.236. The third-order valence-electron chi connectivity index (χ3n) is 4.20. The maximum Gasteiger partial charge on any atom is 0.409 e. The van der Waals surface area contributed by atoms with E-state index in [9.17, 15) is 18.0 Å². The standard InChI is InChI=1S/C17H20F3N3O/c1-16(2,3)15(17(18,19)20)22-14(24)12-11-6-4-5-9-23(11)13(21-12)10-7-8-10/h4-6,9-10,15H,7-8H2,1-3H3,(H,22,24)/t15-/m0/s1. The lowest BCUT2D eigenvalue weighted by atomic mass is 9.86. The Morgan fingerprint density at radius 3 is 2.50 bits per heavy atom. The minimum absolute atomic E-state index is 0.0519. The molecule has 130 valence electrons. The van der Waals surface area contributed by atoms with Gasteiger partial charge < -0.3 is 9.72 Å². The molecule has 0 radical (unpaired) electrons. The molecular formula is C17H20F3N3O. The van der Waals surface area contributed by atoms with Gasteiger partial charge in [-0.25, -0.2) is 4.98 Å². The highest BCUT2D eigenvalue weighted by Gasteiger charge is 2.48. The van der Waals surface area contributed by atoms with Gasteiger partial charge in [0, 0.05) is 12.1 Å². The van der Waals surface area contributed by atoms with E-state index >= 15 is 0 Å². The van der Waals surface area contributed by atoms with E-state index in [-0.39, 0.29) is 11.6 Å². The SMILES string of the molecule is CC(C)(C)[C@H](NC(=O)c1nc(C2CC2)n2ccccc12)C(F)(F)F. The largest absolute Gasteiger partial charge is 0.409 e. The Morgan fingerprint density at radius 1 is 1.29 bits per heavy atom. The van der Waals surface area contributed by atoms with Crippen LogP contribution in [0.25, 0.3) is 5.52 Å². The van der Waals surface area contributed by atoms with Crippen LogP contribution in [0.15, 0.2) is 24.4 Å². The fourth-order valence-electron chi connectivity index (χ4n) is 2.85. The molecule has 2 aromatic rings. The highest BCUT2D eigenvalue weighted by molar-refractivity contribution is 5.99. The molecule has 1 saturated carbocycles. The lowest BCUT2D eigenvalue weighted by Crippen LogP contribution is -2.53. The zero-order valence-corrected chi connectivity index (χ0v) is 13.8. The van der Waals surface area contributed by atoms with Crippen LogP contribution < -0.4 is 5.32 Å². The minimum atomic E-state index is -4.53. The van der Waals surface area contributed by atoms with Gasteiger partial charge in [0.1, 0.15) is 11.9 Å². The number of halogens is 3. The number of carbonyl (C=O) groups excluding carboxylic acids is 1. The third-order valence-corrected chi connectivity index (χ3v) is 4.20. The van der Waals surface area contributed by atoms with Crippen molar-refractivity contribution in [2.75, 3.05) is 0 Å². The van der Waals surface area contributed by atoms with Gasteiger partial charge in [0.2, 0.25) is 0 Å². The van der Waals surface area contributed by atoms with Crippen LogP contribution in [0.3, 0.4) is 0 Å². The Kier molecular flexibility index (Phi) is 3.85. The van der Waals surface area contributed by atoms with E-state index in [2.05, 4.69) is 10.3 Å². The van der Waals surface area contributed by atoms with Crippen molar-refractivity contribution in [1.82, 2.24) is 14.7 Å². The van der Waals surface area contributed by atoms with Gasteiger partial charge in [0.05, 0.1) is 5.52 Å². The molecule has 1 atom stereocenters. The molecule has 2 aromatic heterocycles. The number of aromatic nitrogens is 2. The number of hydrogen-bond acceptors (Lipinski definition) is 2. The van der Waals surface area contributed by atoms with E-state index < -0.39 is 23.5 Å². The van der Waals surface area contributed by atoms with Gasteiger partial charge in [0.15, 0.2) is 5.69 Å². The van der Waals surface area contributed by atoms with E-state index in [4.69, 9.17) is 0 Å². The molecule has 4 nitrogen and oxygen atoms in total. The molecule has 0 bridgehead atoms. The normalized spacial score (nSPS) is 17.1. The van der Waals surface area contributed by atoms with Crippen molar-refractivity contribution >= 4 is 11.4 Å². The van der Waals surface area contributed by atoms with Crippen molar-refractivity contribution < 1.29 is 18.0 Å². The molecular weight excluding hydrogens is 319 g/mol. The summed E-state index contributed by atoms with van der Waals surface area (Å²) < 4.78 is 41.7. The third kappa shape index (κ3) is 3.12. The van der Waals surface area contributed by atoms with Crippen molar-refractivity contribution in [2.24, 2.45) is 5.41 Å². The Balaban J connectivity index is 1.97. The summed E-state index contributed by atoms with van der Waals surface area (Å²) in [6.45, 7) is 4.35. The number of nitrogens with zero attached hydrogens (tertiary/aromatic N) is 2. The van der Waals surface area contributed by atoms with Crippen molar-refractivity contribution in [3.63, 3.8) is 0 Å². The Labute approximate surface area is 138 Å². The van der Waals surface area contributed by atoms with Crippen LogP contribution in [0.1, 0.15) is 55.8 Å². The number of fused-ring (bicyclic) bond motifs is 1. The van der Waals surface area contributed by atoms with Gasteiger partial charge in [-0.2, -0.15) is 13.2 Å². The molecule has 7 heteroatoms. The minimum Gasteiger partial charge on any atom is -0.338 e. The molecule has 2 heterocycles. The van der Waals surface area contributed by atoms with Crippen LogP contribution in [0.4, 0.5) is 13.2 Å². The van der Waals surface area contributed by atoms with Gasteiger partial charge >= 0.3 is 6.18 Å². The van der Waals surface area contributed by atoms with Crippen LogP contribution in [0, 0.1) is 5.41 Å². The monoisotopic (exact) mass is 339 g/mol. The van der Waals surface area contributed by atoms with E-state index in [1.54, 1.807) is 22.7 Å². The first kappa shape index (κ1) is 16.8. The summed E-state index contributed by atoms with van der Waals surface area (Å²) >= 11 is 0. The van der Waals surface area contributed by atoms with Gasteiger partial charge in [0.25, 0.3) is 5.91 Å². The molecule has 0 aromatic carbocycles. The number of amides is 1. The number of nitrogens with one attached hydrogen (secondary N) is 1. The predicted octanol–water partition coefficient (Wildman–Crippen LogP) is 3.92. The molecule has 24 heavy (non-hydrogen) atoms. The molecule has 0 unspecified atom stereocenters. The first-order valence-electron chi connectivity index (χ1n) is 7.93. The second kappa shape index (κ2) is 5.50. The molecule has 0 saturated heterocycles. The number of imidazole rings is 1. The van der Waals surface area contributed by atoms with Crippen molar-refractivity contribution in [1.29, 1.82) is 0 Å². The average Bonchev–Trinajstić information content (AvgIpc) is 3.23. The lowest BCUT2D eigenvalue weighted by molar-refractivity contribution is -0.174. The fourth-order valence-corrected chi connectivity index (χ4v) is 2.85. The molecule has 1 N–H and O–H groups in total. The molecule has 1 amide bonds. The Morgan fingerprint density at radius 2 is 1.96 bits per heavy atom. The highest BCUT2D eigenvalue weighted by Crippen LogP contribution is 2.40. The number of pyridine rings is 1. The highest BCUT2D eigenvalue weighted by atomic mass is 19.4. The predicted molar refractivity (Wildman–Crippen MR) is 83.9 cm³/mol. The maximum absolute atomic E-state index is 13.3. The van der Waals surface area contributed by atoms with Gasteiger partial charge in [-0.1, -0.05) is 26.8 Å². The number of rotatable bonds is 3. The zero-order valence-electron chi connectivity index (χ0n) is 13.8. The van der Waals surface area contributed by atoms with Crippen LogP contribution in [-0.2, 0) is 0 Å². The first-order chi connectivity index (χ1) is 11.1. The molecule has 1 aliphatic carbocycles. The van der Waals surface area contributed by atoms with Crippen molar-refractivity contribution in [2.45, 2.75) is 51.7 Å². The molecule has 0 spiro atoms. The molecule has 1 aliphatic rings. The molecule has 3 rings (SSSR count). The smallest absolute Gasteiger partial charge is 0.338 e. The first-order valence-corrected chi connectivity index (χ1v) is 7.93. The summed E-state index contributed by atoms with van der Waals surface area (Å²) in [4.78, 5) is 16.9. The summed E-state index contributed by atoms with van der Waals surface area (Å²) in [5.41, 5.74) is -0.564. The van der Waals surface area contributed by atoms with Gasteiger partial charge in [-0.05, 0) is 30.4 Å². The number of alkyl halides is 3. The van der Waals surface area contributed by atoms with E-state index in [0.29, 0.717) is 5.52 Å². The number of carbonyl (C=O) groups is 1. The summed E-state index contributed by atoms with van der Waals surface area (Å²) in [7, 11) is 0. The zero-order chi connectivity index (χ0) is 17.7. The van der Waals surface area contributed by atoms with E-state index in [1.165, 1.54) is 20.8 Å². The quantitative estimate of drug-likeness (QED) is 0.921. The van der Waals surface area contributed by atoms with Crippen LogP contribution in [-0.4, -0.2) is 27.5 Å². The second-order valence-electron chi connectivity index (χ2n) is 7.36. The summed E-state index contributed by atoms with van der Waals surface area (Å²) in [5, 5.41) is 2.14. The number of hydrogen-bond donors (Lipinski definition) is 1.